The van der Waals surface area contributed by atoms with E-state index in [1.165, 1.54) is 32.1 Å². The van der Waals surface area contributed by atoms with Gasteiger partial charge in [-0.05, 0) is 25.0 Å². The van der Waals surface area contributed by atoms with Gasteiger partial charge in [0.1, 0.15) is 0 Å². The molecule has 3 heteroatoms. The molecule has 16 heavy (non-hydrogen) atoms. The molecule has 2 N–H and O–H groups in total. The molecule has 86 valence electrons. The second kappa shape index (κ2) is 3.85. The molecule has 1 spiro atoms. The molecule has 0 saturated heterocycles. The zero-order valence-electron chi connectivity index (χ0n) is 9.35. The highest BCUT2D eigenvalue weighted by Gasteiger charge is 2.35. The van der Waals surface area contributed by atoms with Gasteiger partial charge in [-0.25, -0.2) is 0 Å². The summed E-state index contributed by atoms with van der Waals surface area (Å²) < 4.78 is 0. The second-order valence-electron chi connectivity index (χ2n) is 4.98. The van der Waals surface area contributed by atoms with E-state index in [0.717, 1.165) is 22.9 Å². The average Bonchev–Trinajstić information content (AvgIpc) is 2.32. The van der Waals surface area contributed by atoms with Crippen LogP contribution in [0.4, 0.5) is 11.4 Å². The minimum atomic E-state index is 0.246. The maximum atomic E-state index is 6.24. The topological polar surface area (TPSA) is 24.1 Å². The molecule has 0 bridgehead atoms. The molecule has 1 aliphatic heterocycles. The molecule has 0 amide bonds. The lowest BCUT2D eigenvalue weighted by atomic mass is 9.80. The van der Waals surface area contributed by atoms with Crippen LogP contribution in [-0.2, 0) is 0 Å². The van der Waals surface area contributed by atoms with Crippen molar-refractivity contribution in [1.82, 2.24) is 0 Å². The van der Waals surface area contributed by atoms with Crippen molar-refractivity contribution in [3.8, 4) is 0 Å². The van der Waals surface area contributed by atoms with Crippen LogP contribution >= 0.6 is 11.6 Å². The maximum Gasteiger partial charge on any atom is 0.0770 e. The third-order valence-electron chi connectivity index (χ3n) is 3.83. The summed E-state index contributed by atoms with van der Waals surface area (Å²) in [6.07, 6.45) is 6.54. The van der Waals surface area contributed by atoms with Gasteiger partial charge in [-0.15, -0.1) is 0 Å². The lowest BCUT2D eigenvalue weighted by molar-refractivity contribution is 0.334. The van der Waals surface area contributed by atoms with E-state index in [0.29, 0.717) is 0 Å². The predicted molar refractivity (Wildman–Crippen MR) is 69.4 cm³/mol. The van der Waals surface area contributed by atoms with Crippen LogP contribution in [0.5, 0.6) is 0 Å². The van der Waals surface area contributed by atoms with E-state index in [2.05, 4.69) is 16.7 Å². The molecule has 0 unspecified atom stereocenters. The molecule has 0 aromatic heterocycles. The normalized spacial score (nSPS) is 22.1. The van der Waals surface area contributed by atoms with E-state index in [-0.39, 0.29) is 5.54 Å². The molecule has 1 aliphatic carbocycles. The van der Waals surface area contributed by atoms with Crippen molar-refractivity contribution in [3.63, 3.8) is 0 Å². The van der Waals surface area contributed by atoms with Gasteiger partial charge in [0.2, 0.25) is 0 Å². The Labute approximate surface area is 101 Å². The van der Waals surface area contributed by atoms with Crippen molar-refractivity contribution >= 4 is 23.0 Å². The fraction of sp³-hybridized carbons (Fsp3) is 0.538. The first-order chi connectivity index (χ1) is 7.79. The SMILES string of the molecule is Clc1cccc2c1NC1(CCCCC1)CN2. The van der Waals surface area contributed by atoms with Crippen LogP contribution < -0.4 is 10.6 Å². The highest BCUT2D eigenvalue weighted by Crippen LogP contribution is 2.41. The lowest BCUT2D eigenvalue weighted by Gasteiger charge is -2.43. The van der Waals surface area contributed by atoms with Crippen LogP contribution in [-0.4, -0.2) is 12.1 Å². The molecular weight excluding hydrogens is 220 g/mol. The minimum absolute atomic E-state index is 0.246. The van der Waals surface area contributed by atoms with E-state index < -0.39 is 0 Å². The van der Waals surface area contributed by atoms with Crippen molar-refractivity contribution < 1.29 is 0 Å². The molecule has 1 fully saturated rings. The van der Waals surface area contributed by atoms with Gasteiger partial charge in [-0.1, -0.05) is 36.9 Å². The average molecular weight is 237 g/mol. The summed E-state index contributed by atoms with van der Waals surface area (Å²) in [5, 5.41) is 8.03. The fourth-order valence-corrected chi connectivity index (χ4v) is 3.12. The molecule has 0 atom stereocenters. The van der Waals surface area contributed by atoms with Gasteiger partial charge < -0.3 is 10.6 Å². The largest absolute Gasteiger partial charge is 0.381 e. The first kappa shape index (κ1) is 10.3. The molecule has 3 rings (SSSR count). The van der Waals surface area contributed by atoms with Gasteiger partial charge >= 0.3 is 0 Å². The highest BCUT2D eigenvalue weighted by atomic mass is 35.5. The Hall–Kier alpha value is -0.890. The van der Waals surface area contributed by atoms with Gasteiger partial charge in [0.05, 0.1) is 21.9 Å². The number of fused-ring (bicyclic) bond motifs is 1. The zero-order chi connectivity index (χ0) is 11.0. The Morgan fingerprint density at radius 1 is 1.12 bits per heavy atom. The number of nitrogens with one attached hydrogen (secondary N) is 2. The Morgan fingerprint density at radius 2 is 1.94 bits per heavy atom. The second-order valence-corrected chi connectivity index (χ2v) is 5.39. The summed E-state index contributed by atoms with van der Waals surface area (Å²) in [7, 11) is 0. The molecular formula is C13H17ClN2. The summed E-state index contributed by atoms with van der Waals surface area (Å²) in [5.41, 5.74) is 2.48. The van der Waals surface area contributed by atoms with E-state index in [1.807, 2.05) is 12.1 Å². The maximum absolute atomic E-state index is 6.24. The molecule has 0 radical (unpaired) electrons. The summed E-state index contributed by atoms with van der Waals surface area (Å²) >= 11 is 6.24. The first-order valence-electron chi connectivity index (χ1n) is 6.10. The van der Waals surface area contributed by atoms with Crippen LogP contribution in [0.15, 0.2) is 18.2 Å². The number of halogens is 1. The smallest absolute Gasteiger partial charge is 0.0770 e. The van der Waals surface area contributed by atoms with Gasteiger partial charge in [-0.3, -0.25) is 0 Å². The lowest BCUT2D eigenvalue weighted by Crippen LogP contribution is -2.49. The van der Waals surface area contributed by atoms with Crippen LogP contribution in [0.2, 0.25) is 5.02 Å². The summed E-state index contributed by atoms with van der Waals surface area (Å²) in [4.78, 5) is 0. The fourth-order valence-electron chi connectivity index (χ4n) is 2.90. The molecule has 1 aromatic rings. The molecule has 1 aromatic carbocycles. The van der Waals surface area contributed by atoms with Crippen LogP contribution in [0, 0.1) is 0 Å². The van der Waals surface area contributed by atoms with Crippen LogP contribution in [0.3, 0.4) is 0 Å². The first-order valence-corrected chi connectivity index (χ1v) is 6.48. The van der Waals surface area contributed by atoms with Crippen molar-refractivity contribution in [3.05, 3.63) is 23.2 Å². The monoisotopic (exact) mass is 236 g/mol. The standard InChI is InChI=1S/C13H17ClN2/c14-10-5-4-6-11-12(10)16-13(9-15-11)7-2-1-3-8-13/h4-6,15-16H,1-3,7-9H2. The summed E-state index contributed by atoms with van der Waals surface area (Å²) in [6.45, 7) is 1.03. The zero-order valence-corrected chi connectivity index (χ0v) is 10.1. The number of anilines is 2. The van der Waals surface area contributed by atoms with Gasteiger partial charge in [0, 0.05) is 6.54 Å². The Morgan fingerprint density at radius 3 is 2.75 bits per heavy atom. The van der Waals surface area contributed by atoms with Gasteiger partial charge in [0.25, 0.3) is 0 Å². The van der Waals surface area contributed by atoms with E-state index >= 15 is 0 Å². The van der Waals surface area contributed by atoms with Crippen LogP contribution in [0.25, 0.3) is 0 Å². The van der Waals surface area contributed by atoms with Crippen molar-refractivity contribution in [2.45, 2.75) is 37.6 Å². The Bertz CT molecular complexity index is 397. The molecule has 1 saturated carbocycles. The third-order valence-corrected chi connectivity index (χ3v) is 4.15. The van der Waals surface area contributed by atoms with Crippen molar-refractivity contribution in [1.29, 1.82) is 0 Å². The summed E-state index contributed by atoms with van der Waals surface area (Å²) in [5.74, 6) is 0. The molecule has 1 heterocycles. The van der Waals surface area contributed by atoms with E-state index in [9.17, 15) is 0 Å². The number of rotatable bonds is 0. The van der Waals surface area contributed by atoms with Crippen molar-refractivity contribution in [2.24, 2.45) is 0 Å². The number of hydrogen-bond acceptors (Lipinski definition) is 2. The quantitative estimate of drug-likeness (QED) is 0.714. The number of hydrogen-bond donors (Lipinski definition) is 2. The van der Waals surface area contributed by atoms with E-state index in [4.69, 9.17) is 11.6 Å². The third kappa shape index (κ3) is 1.65. The minimum Gasteiger partial charge on any atom is -0.381 e. The molecule has 2 aliphatic rings. The van der Waals surface area contributed by atoms with E-state index in [1.54, 1.807) is 0 Å². The number of para-hydroxylation sites is 1. The summed E-state index contributed by atoms with van der Waals surface area (Å²) in [6, 6.07) is 6.04. The Balaban J connectivity index is 1.92. The Kier molecular flexibility index (Phi) is 2.47. The van der Waals surface area contributed by atoms with Gasteiger partial charge in [-0.2, -0.15) is 0 Å². The highest BCUT2D eigenvalue weighted by molar-refractivity contribution is 6.34. The molecule has 2 nitrogen and oxygen atoms in total. The number of benzene rings is 1. The van der Waals surface area contributed by atoms with Crippen molar-refractivity contribution in [2.75, 3.05) is 17.2 Å². The predicted octanol–water partition coefficient (Wildman–Crippen LogP) is 3.88. The van der Waals surface area contributed by atoms with Crippen LogP contribution in [0.1, 0.15) is 32.1 Å². The van der Waals surface area contributed by atoms with Gasteiger partial charge in [0.15, 0.2) is 0 Å².